The number of allylic oxidation sites excluding steroid dienone is 1. The molecule has 0 aromatic carbocycles. The van der Waals surface area contributed by atoms with Crippen molar-refractivity contribution < 1.29 is 33.8 Å². The summed E-state index contributed by atoms with van der Waals surface area (Å²) in [6.07, 6.45) is 11.7. The molecule has 5 rings (SSSR count). The van der Waals surface area contributed by atoms with Crippen LogP contribution in [0, 0.1) is 11.8 Å². The smallest absolute Gasteiger partial charge is 0.313 e. The number of ether oxygens (including phenoxy) is 2. The van der Waals surface area contributed by atoms with E-state index in [9.17, 15) is 24.3 Å². The molecule has 4 heterocycles. The fourth-order valence-electron chi connectivity index (χ4n) is 6.75. The summed E-state index contributed by atoms with van der Waals surface area (Å²) in [5.41, 5.74) is -1.34. The van der Waals surface area contributed by atoms with Gasteiger partial charge in [0.05, 0.1) is 25.2 Å². The van der Waals surface area contributed by atoms with Crippen LogP contribution in [-0.2, 0) is 28.7 Å². The molecule has 6 atom stereocenters. The van der Waals surface area contributed by atoms with E-state index in [1.54, 1.807) is 25.2 Å². The fourth-order valence-corrected chi connectivity index (χ4v) is 6.75. The van der Waals surface area contributed by atoms with Crippen LogP contribution >= 0.6 is 0 Å². The zero-order valence-electron chi connectivity index (χ0n) is 21.3. The Morgan fingerprint density at radius 2 is 1.89 bits per heavy atom. The Bertz CT molecular complexity index is 990. The number of nitrogens with one attached hydrogen (secondary N) is 1. The van der Waals surface area contributed by atoms with E-state index < -0.39 is 41.7 Å². The molecule has 10 heteroatoms. The van der Waals surface area contributed by atoms with Crippen LogP contribution in [0.3, 0.4) is 0 Å². The van der Waals surface area contributed by atoms with Crippen LogP contribution < -0.4 is 5.32 Å². The topological polar surface area (TPSA) is 125 Å². The molecular weight excluding hydrogens is 478 g/mol. The van der Waals surface area contributed by atoms with Gasteiger partial charge in [0, 0.05) is 25.6 Å². The highest BCUT2D eigenvalue weighted by atomic mass is 16.6. The predicted octanol–water partition coefficient (Wildman–Crippen LogP) is 0.689. The molecule has 3 fully saturated rings. The molecule has 0 bridgehead atoms. The number of carbonyl (C=O) groups is 4. The second-order valence-electron chi connectivity index (χ2n) is 10.8. The molecule has 2 N–H and O–H groups in total. The average molecular weight is 516 g/mol. The molecule has 4 aliphatic heterocycles. The molecule has 0 unspecified atom stereocenters. The van der Waals surface area contributed by atoms with Crippen molar-refractivity contribution in [3.8, 4) is 0 Å². The molecule has 5 aliphatic rings. The lowest BCUT2D eigenvalue weighted by molar-refractivity contribution is -0.159. The molecule has 0 aromatic heterocycles. The van der Waals surface area contributed by atoms with Crippen LogP contribution in [0.4, 0.5) is 0 Å². The molecule has 1 saturated carbocycles. The standard InChI is InChI=1S/C27H37N3O7/c1-17-16-28-20(32)11-6-5-10-19-21(26(35)36-17)22-24(33)30(14-15-31)23-25(34)29(18-8-3-2-4-9-18)13-7-12-27(22,23)37-19/h5,7,10,12,17-19,21-23,31H,2-4,6,8-9,11,13-16H2,1H3,(H,28,32)/b10-5-/t17-,19-,21+,22+,23-,27+/m0/s1. The predicted molar refractivity (Wildman–Crippen MR) is 132 cm³/mol. The van der Waals surface area contributed by atoms with Crippen LogP contribution in [0.1, 0.15) is 51.9 Å². The van der Waals surface area contributed by atoms with Crippen molar-refractivity contribution in [2.45, 2.75) is 81.8 Å². The van der Waals surface area contributed by atoms with Gasteiger partial charge in [-0.25, -0.2) is 0 Å². The van der Waals surface area contributed by atoms with Crippen molar-refractivity contribution in [1.82, 2.24) is 15.1 Å². The summed E-state index contributed by atoms with van der Waals surface area (Å²) in [6, 6.07) is -0.876. The molecule has 1 aliphatic carbocycles. The Labute approximate surface area is 217 Å². The molecule has 202 valence electrons. The molecular formula is C27H37N3O7. The maximum atomic E-state index is 14.2. The van der Waals surface area contributed by atoms with Gasteiger partial charge in [-0.3, -0.25) is 19.2 Å². The quantitative estimate of drug-likeness (QED) is 0.418. The van der Waals surface area contributed by atoms with Gasteiger partial charge in [0.25, 0.3) is 0 Å². The molecule has 2 saturated heterocycles. The molecule has 37 heavy (non-hydrogen) atoms. The van der Waals surface area contributed by atoms with Crippen molar-refractivity contribution in [3.63, 3.8) is 0 Å². The number of cyclic esters (lactones) is 1. The normalized spacial score (nSPS) is 38.1. The lowest BCUT2D eigenvalue weighted by Gasteiger charge is -2.39. The zero-order chi connectivity index (χ0) is 26.2. The third kappa shape index (κ3) is 4.58. The number of carbonyl (C=O) groups excluding carboxylic acids is 4. The number of nitrogens with zero attached hydrogens (tertiary/aromatic N) is 2. The number of hydrogen-bond donors (Lipinski definition) is 2. The van der Waals surface area contributed by atoms with Gasteiger partial charge in [-0.2, -0.15) is 0 Å². The zero-order valence-corrected chi connectivity index (χ0v) is 21.3. The molecule has 1 spiro atoms. The first-order valence-electron chi connectivity index (χ1n) is 13.6. The van der Waals surface area contributed by atoms with Gasteiger partial charge in [0.2, 0.25) is 17.7 Å². The van der Waals surface area contributed by atoms with E-state index in [2.05, 4.69) is 5.32 Å². The lowest BCUT2D eigenvalue weighted by Crippen LogP contribution is -2.57. The number of hydrogen-bond acceptors (Lipinski definition) is 7. The summed E-state index contributed by atoms with van der Waals surface area (Å²) >= 11 is 0. The number of esters is 1. The lowest BCUT2D eigenvalue weighted by atomic mass is 9.77. The number of aliphatic hydroxyl groups excluding tert-OH is 1. The number of β-amino-alcohol motifs (C(OH)–C–C–N with tert-alkyl or cyclic N) is 1. The monoisotopic (exact) mass is 515 g/mol. The minimum Gasteiger partial charge on any atom is -0.460 e. The molecule has 0 aromatic rings. The minimum atomic E-state index is -1.34. The van der Waals surface area contributed by atoms with Crippen LogP contribution in [0.25, 0.3) is 0 Å². The Morgan fingerprint density at radius 1 is 1.11 bits per heavy atom. The largest absolute Gasteiger partial charge is 0.460 e. The summed E-state index contributed by atoms with van der Waals surface area (Å²) in [5, 5.41) is 12.6. The fraction of sp³-hybridized carbons (Fsp3) is 0.704. The van der Waals surface area contributed by atoms with E-state index in [1.807, 2.05) is 11.0 Å². The molecule has 0 radical (unpaired) electrons. The van der Waals surface area contributed by atoms with Crippen LogP contribution in [0.15, 0.2) is 24.3 Å². The first-order chi connectivity index (χ1) is 17.9. The Hall–Kier alpha value is -2.72. The second-order valence-corrected chi connectivity index (χ2v) is 10.8. The van der Waals surface area contributed by atoms with Crippen molar-refractivity contribution in [3.05, 3.63) is 24.3 Å². The Kier molecular flexibility index (Phi) is 7.40. The second kappa shape index (κ2) is 10.6. The number of aliphatic hydroxyl groups is 1. The van der Waals surface area contributed by atoms with Gasteiger partial charge in [-0.1, -0.05) is 43.6 Å². The van der Waals surface area contributed by atoms with Crippen molar-refractivity contribution >= 4 is 23.7 Å². The SMILES string of the molecule is C[C@H]1CNC(=O)CC/C=C\[C@@H]2O[C@@]34C=CCN(C5CCCCC5)C(=O)[C@@H]3N(CCO)C(=O)[C@H]4[C@@H]2C(=O)O1. The Morgan fingerprint density at radius 3 is 2.65 bits per heavy atom. The maximum absolute atomic E-state index is 14.2. The van der Waals surface area contributed by atoms with Crippen LogP contribution in [-0.4, -0.2) is 94.7 Å². The summed E-state index contributed by atoms with van der Waals surface area (Å²) in [5.74, 6) is -3.21. The van der Waals surface area contributed by atoms with Gasteiger partial charge < -0.3 is 29.7 Å². The van der Waals surface area contributed by atoms with E-state index in [4.69, 9.17) is 9.47 Å². The summed E-state index contributed by atoms with van der Waals surface area (Å²) in [6.45, 7) is 1.95. The third-order valence-electron chi connectivity index (χ3n) is 8.42. The molecule has 10 nitrogen and oxygen atoms in total. The maximum Gasteiger partial charge on any atom is 0.313 e. The van der Waals surface area contributed by atoms with E-state index in [0.29, 0.717) is 13.0 Å². The number of rotatable bonds is 3. The average Bonchev–Trinajstić information content (AvgIpc) is 3.26. The first kappa shape index (κ1) is 25.9. The number of likely N-dealkylation sites (tertiary alicyclic amines) is 1. The highest BCUT2D eigenvalue weighted by molar-refractivity contribution is 5.99. The van der Waals surface area contributed by atoms with Gasteiger partial charge in [-0.15, -0.1) is 0 Å². The first-order valence-corrected chi connectivity index (χ1v) is 13.6. The van der Waals surface area contributed by atoms with Crippen LogP contribution in [0.2, 0.25) is 0 Å². The van der Waals surface area contributed by atoms with E-state index >= 15 is 0 Å². The summed E-state index contributed by atoms with van der Waals surface area (Å²) in [4.78, 5) is 56.9. The van der Waals surface area contributed by atoms with E-state index in [1.165, 1.54) is 4.90 Å². The van der Waals surface area contributed by atoms with Crippen molar-refractivity contribution in [1.29, 1.82) is 0 Å². The third-order valence-corrected chi connectivity index (χ3v) is 8.42. The number of amides is 3. The highest BCUT2D eigenvalue weighted by Gasteiger charge is 2.71. The van der Waals surface area contributed by atoms with Crippen LogP contribution in [0.5, 0.6) is 0 Å². The van der Waals surface area contributed by atoms with Gasteiger partial charge >= 0.3 is 5.97 Å². The van der Waals surface area contributed by atoms with Gasteiger partial charge in [0.15, 0.2) is 0 Å². The minimum absolute atomic E-state index is 0.0199. The molecule has 3 amide bonds. The van der Waals surface area contributed by atoms with Gasteiger partial charge in [0.1, 0.15) is 23.7 Å². The van der Waals surface area contributed by atoms with Gasteiger partial charge in [-0.05, 0) is 26.2 Å². The summed E-state index contributed by atoms with van der Waals surface area (Å²) in [7, 11) is 0. The summed E-state index contributed by atoms with van der Waals surface area (Å²) < 4.78 is 12.3. The highest BCUT2D eigenvalue weighted by Crippen LogP contribution is 2.53. The van der Waals surface area contributed by atoms with Crippen molar-refractivity contribution in [2.24, 2.45) is 11.8 Å². The van der Waals surface area contributed by atoms with Crippen molar-refractivity contribution in [2.75, 3.05) is 26.2 Å². The number of fused-ring (bicyclic) bond motifs is 2. The van der Waals surface area contributed by atoms with E-state index in [-0.39, 0.29) is 49.9 Å². The van der Waals surface area contributed by atoms with E-state index in [0.717, 1.165) is 32.1 Å². The Balaban J connectivity index is 1.54.